The quantitative estimate of drug-likeness (QED) is 0.435. The topological polar surface area (TPSA) is 62.0 Å². The van der Waals surface area contributed by atoms with Gasteiger partial charge in [0.05, 0.1) is 23.3 Å². The molecule has 0 fully saturated rings. The molecule has 1 aromatic carbocycles. The largest absolute Gasteiger partial charge is 0.418 e. The number of carbonyl (C=O) groups excluding carboxylic acids is 1. The fraction of sp³-hybridized carbons (Fsp3) is 0.333. The van der Waals surface area contributed by atoms with Crippen molar-refractivity contribution in [1.82, 2.24) is 4.98 Å². The fourth-order valence-electron chi connectivity index (χ4n) is 2.55. The number of alkyl halides is 3. The summed E-state index contributed by atoms with van der Waals surface area (Å²) in [4.78, 5) is 26.4. The van der Waals surface area contributed by atoms with Crippen molar-refractivity contribution in [3.63, 3.8) is 0 Å². The maximum Gasteiger partial charge on any atom is 0.418 e. The summed E-state index contributed by atoms with van der Waals surface area (Å²) in [6, 6.07) is 2.02. The van der Waals surface area contributed by atoms with E-state index in [1.807, 2.05) is 19.6 Å². The van der Waals surface area contributed by atoms with Gasteiger partial charge in [-0.25, -0.2) is 0 Å². The zero-order chi connectivity index (χ0) is 20.6. The monoisotopic (exact) mass is 414 g/mol. The molecular formula is C18H18ClF3N2O2Si. The standard InChI is InChI=1S/C18H18ClF3N2O2Si/c1-10(25)14-16(23-6-5-7-27(2,3)4)12-8-11(19)9-13(18(20,21)22)15(12)24-17(14)26/h8-9H,6H2,1-4H3,(H2,23,24,26). The van der Waals surface area contributed by atoms with Gasteiger partial charge in [0.15, 0.2) is 5.78 Å². The van der Waals surface area contributed by atoms with Crippen LogP contribution in [0, 0.1) is 11.5 Å². The van der Waals surface area contributed by atoms with Crippen molar-refractivity contribution in [2.75, 3.05) is 11.9 Å². The number of H-pyrrole nitrogens is 1. The molecule has 0 aliphatic carbocycles. The Morgan fingerprint density at radius 3 is 2.44 bits per heavy atom. The highest BCUT2D eigenvalue weighted by Gasteiger charge is 2.34. The van der Waals surface area contributed by atoms with E-state index in [0.717, 1.165) is 6.07 Å². The molecule has 0 atom stereocenters. The van der Waals surface area contributed by atoms with Gasteiger partial charge in [-0.3, -0.25) is 9.59 Å². The van der Waals surface area contributed by atoms with E-state index in [2.05, 4.69) is 21.8 Å². The van der Waals surface area contributed by atoms with E-state index >= 15 is 0 Å². The Morgan fingerprint density at radius 1 is 1.30 bits per heavy atom. The molecule has 9 heteroatoms. The van der Waals surface area contributed by atoms with Gasteiger partial charge in [0.25, 0.3) is 5.56 Å². The molecule has 4 nitrogen and oxygen atoms in total. The van der Waals surface area contributed by atoms with Crippen LogP contribution in [0.3, 0.4) is 0 Å². The maximum absolute atomic E-state index is 13.4. The summed E-state index contributed by atoms with van der Waals surface area (Å²) in [7, 11) is -1.64. The van der Waals surface area contributed by atoms with Gasteiger partial charge in [-0.1, -0.05) is 37.2 Å². The van der Waals surface area contributed by atoms with Gasteiger partial charge < -0.3 is 10.3 Å². The molecular weight excluding hydrogens is 397 g/mol. The smallest absolute Gasteiger partial charge is 0.373 e. The number of aromatic nitrogens is 1. The lowest BCUT2D eigenvalue weighted by Crippen LogP contribution is -2.22. The van der Waals surface area contributed by atoms with E-state index in [9.17, 15) is 22.8 Å². The molecule has 0 radical (unpaired) electrons. The predicted molar refractivity (Wildman–Crippen MR) is 104 cm³/mol. The highest BCUT2D eigenvalue weighted by molar-refractivity contribution is 6.83. The molecule has 2 aromatic rings. The molecule has 2 rings (SSSR count). The SMILES string of the molecule is CC(=O)c1c(NCC#C[Si](C)(C)C)c2cc(Cl)cc(C(F)(F)F)c2[nH]c1=O. The zero-order valence-corrected chi connectivity index (χ0v) is 16.9. The molecule has 1 heterocycles. The first-order valence-electron chi connectivity index (χ1n) is 8.03. The Morgan fingerprint density at radius 2 is 1.93 bits per heavy atom. The Hall–Kier alpha value is -2.24. The first-order chi connectivity index (χ1) is 12.3. The molecule has 0 spiro atoms. The predicted octanol–water partition coefficient (Wildman–Crippen LogP) is 4.70. The third-order valence-corrected chi connectivity index (χ3v) is 4.71. The van der Waals surface area contributed by atoms with Crippen LogP contribution < -0.4 is 10.9 Å². The Bertz CT molecular complexity index is 1030. The maximum atomic E-state index is 13.4. The number of Topliss-reactive ketones (excluding diaryl/α,β-unsaturated/α-hetero) is 1. The van der Waals surface area contributed by atoms with Gasteiger partial charge in [-0.2, -0.15) is 13.2 Å². The van der Waals surface area contributed by atoms with Gasteiger partial charge in [0.2, 0.25) is 0 Å². The van der Waals surface area contributed by atoms with Crippen LogP contribution in [0.25, 0.3) is 10.9 Å². The third kappa shape index (κ3) is 4.93. The number of carbonyl (C=O) groups is 1. The highest BCUT2D eigenvalue weighted by Crippen LogP contribution is 2.38. The van der Waals surface area contributed by atoms with Crippen LogP contribution in [-0.2, 0) is 6.18 Å². The average molecular weight is 415 g/mol. The molecule has 2 N–H and O–H groups in total. The Labute approximate surface area is 160 Å². The van der Waals surface area contributed by atoms with Crippen LogP contribution >= 0.6 is 11.6 Å². The number of ketones is 1. The van der Waals surface area contributed by atoms with Crippen LogP contribution in [0.1, 0.15) is 22.8 Å². The molecule has 144 valence electrons. The zero-order valence-electron chi connectivity index (χ0n) is 15.2. The number of benzene rings is 1. The van der Waals surface area contributed by atoms with Crippen LogP contribution in [-0.4, -0.2) is 25.4 Å². The normalized spacial score (nSPS) is 11.9. The molecule has 0 bridgehead atoms. The molecule has 0 aliphatic rings. The number of nitrogens with one attached hydrogen (secondary N) is 2. The number of halogens is 4. The fourth-order valence-corrected chi connectivity index (χ4v) is 3.38. The van der Waals surface area contributed by atoms with Crippen LogP contribution in [0.15, 0.2) is 16.9 Å². The molecule has 1 aromatic heterocycles. The van der Waals surface area contributed by atoms with Crippen molar-refractivity contribution >= 4 is 42.0 Å². The van der Waals surface area contributed by atoms with Crippen molar-refractivity contribution in [3.05, 3.63) is 38.6 Å². The molecule has 0 unspecified atom stereocenters. The number of anilines is 1. The summed E-state index contributed by atoms with van der Waals surface area (Å²) in [5, 5.41) is 2.69. The summed E-state index contributed by atoms with van der Waals surface area (Å²) in [5.41, 5.74) is 0.439. The van der Waals surface area contributed by atoms with Crippen LogP contribution in [0.2, 0.25) is 24.7 Å². The minimum atomic E-state index is -4.72. The van der Waals surface area contributed by atoms with Crippen molar-refractivity contribution in [1.29, 1.82) is 0 Å². The van der Waals surface area contributed by atoms with E-state index in [1.165, 1.54) is 13.0 Å². The van der Waals surface area contributed by atoms with E-state index < -0.39 is 36.7 Å². The van der Waals surface area contributed by atoms with E-state index in [4.69, 9.17) is 11.6 Å². The van der Waals surface area contributed by atoms with Crippen molar-refractivity contribution in [2.45, 2.75) is 32.7 Å². The lowest BCUT2D eigenvalue weighted by Gasteiger charge is -2.16. The second-order valence-corrected chi connectivity index (χ2v) is 12.2. The summed E-state index contributed by atoms with van der Waals surface area (Å²) in [6.45, 7) is 7.37. The van der Waals surface area contributed by atoms with Crippen LogP contribution in [0.5, 0.6) is 0 Å². The average Bonchev–Trinajstić information content (AvgIpc) is 2.48. The van der Waals surface area contributed by atoms with Crippen molar-refractivity contribution in [3.8, 4) is 11.5 Å². The first-order valence-corrected chi connectivity index (χ1v) is 11.9. The van der Waals surface area contributed by atoms with Crippen LogP contribution in [0.4, 0.5) is 18.9 Å². The minimum absolute atomic E-state index is 0.000809. The number of rotatable bonds is 3. The lowest BCUT2D eigenvalue weighted by atomic mass is 10.0. The summed E-state index contributed by atoms with van der Waals surface area (Å²) in [5.74, 6) is 2.33. The van der Waals surface area contributed by atoms with Gasteiger partial charge in [0.1, 0.15) is 13.6 Å². The summed E-state index contributed by atoms with van der Waals surface area (Å²) in [6.07, 6.45) is -4.72. The third-order valence-electron chi connectivity index (χ3n) is 3.56. The molecule has 0 amide bonds. The Balaban J connectivity index is 2.76. The summed E-state index contributed by atoms with van der Waals surface area (Å²) < 4.78 is 40.1. The Kier molecular flexibility index (Phi) is 5.78. The highest BCUT2D eigenvalue weighted by atomic mass is 35.5. The lowest BCUT2D eigenvalue weighted by molar-refractivity contribution is -0.136. The van der Waals surface area contributed by atoms with E-state index in [1.54, 1.807) is 0 Å². The molecule has 0 saturated carbocycles. The number of hydrogen-bond donors (Lipinski definition) is 2. The van der Waals surface area contributed by atoms with E-state index in [-0.39, 0.29) is 28.2 Å². The molecule has 0 aliphatic heterocycles. The van der Waals surface area contributed by atoms with Gasteiger partial charge >= 0.3 is 6.18 Å². The van der Waals surface area contributed by atoms with Gasteiger partial charge in [0, 0.05) is 10.4 Å². The first kappa shape index (κ1) is 21.1. The number of fused-ring (bicyclic) bond motifs is 1. The second kappa shape index (κ2) is 7.41. The van der Waals surface area contributed by atoms with Gasteiger partial charge in [-0.05, 0) is 19.1 Å². The minimum Gasteiger partial charge on any atom is -0.373 e. The van der Waals surface area contributed by atoms with Crippen molar-refractivity contribution < 1.29 is 18.0 Å². The van der Waals surface area contributed by atoms with Gasteiger partial charge in [-0.15, -0.1) is 5.54 Å². The summed E-state index contributed by atoms with van der Waals surface area (Å²) >= 11 is 5.87. The van der Waals surface area contributed by atoms with Crippen molar-refractivity contribution in [2.24, 2.45) is 0 Å². The van der Waals surface area contributed by atoms with E-state index in [0.29, 0.717) is 0 Å². The molecule has 27 heavy (non-hydrogen) atoms. The number of pyridine rings is 1. The number of aromatic amines is 1. The molecule has 0 saturated heterocycles. The second-order valence-electron chi connectivity index (χ2n) is 7.04. The number of hydrogen-bond acceptors (Lipinski definition) is 3.